The minimum Gasteiger partial charge on any atom is -0.481 e. The predicted octanol–water partition coefficient (Wildman–Crippen LogP) is 4.67. The van der Waals surface area contributed by atoms with Crippen LogP contribution in [0.1, 0.15) is 40.9 Å². The summed E-state index contributed by atoms with van der Waals surface area (Å²) in [5.41, 5.74) is 1.75. The fourth-order valence-corrected chi connectivity index (χ4v) is 7.18. The Labute approximate surface area is 285 Å². The average Bonchev–Trinajstić information content (AvgIpc) is 3.51. The van der Waals surface area contributed by atoms with Crippen LogP contribution in [-0.2, 0) is 25.3 Å². The number of piperazine rings is 1. The van der Waals surface area contributed by atoms with E-state index in [0.29, 0.717) is 30.2 Å². The van der Waals surface area contributed by atoms with Crippen LogP contribution in [-0.4, -0.2) is 69.0 Å². The molecule has 1 saturated heterocycles. The molecule has 1 atom stereocenters. The van der Waals surface area contributed by atoms with E-state index in [2.05, 4.69) is 10.2 Å². The van der Waals surface area contributed by atoms with Crippen molar-refractivity contribution < 1.29 is 18.7 Å². The number of carbonyl (C=O) groups excluding carboxylic acids is 2. The van der Waals surface area contributed by atoms with Crippen molar-refractivity contribution in [3.8, 4) is 28.3 Å². The highest BCUT2D eigenvalue weighted by molar-refractivity contribution is 6.39. The summed E-state index contributed by atoms with van der Waals surface area (Å²) in [4.78, 5) is 58.7. The van der Waals surface area contributed by atoms with Crippen molar-refractivity contribution in [2.75, 3.05) is 38.6 Å². The maximum atomic E-state index is 15.6. The summed E-state index contributed by atoms with van der Waals surface area (Å²) < 4.78 is 23.3. The summed E-state index contributed by atoms with van der Waals surface area (Å²) in [5, 5.41) is 2.67. The lowest BCUT2D eigenvalue weighted by molar-refractivity contribution is -0.130. The molecule has 1 aliphatic carbocycles. The average molecular weight is 696 g/mol. The molecule has 1 N–H and O–H groups in total. The van der Waals surface area contributed by atoms with E-state index in [1.165, 1.54) is 26.2 Å². The second kappa shape index (κ2) is 13.2. The highest BCUT2D eigenvalue weighted by atomic mass is 35.5. The van der Waals surface area contributed by atoms with Gasteiger partial charge in [-0.1, -0.05) is 35.3 Å². The summed E-state index contributed by atoms with van der Waals surface area (Å²) in [6, 6.07) is 9.55. The number of hydrogen-bond donors (Lipinski definition) is 1. The Kier molecular flexibility index (Phi) is 9.16. The van der Waals surface area contributed by atoms with Gasteiger partial charge in [0.25, 0.3) is 11.5 Å². The van der Waals surface area contributed by atoms with Gasteiger partial charge >= 0.3 is 5.69 Å². The number of aromatic nitrogens is 3. The lowest BCUT2D eigenvalue weighted by Gasteiger charge is -2.38. The lowest BCUT2D eigenvalue weighted by atomic mass is 9.98. The van der Waals surface area contributed by atoms with Gasteiger partial charge in [-0.2, -0.15) is 0 Å². The molecule has 48 heavy (non-hydrogen) atoms. The number of halogens is 3. The standard InChI is InChI=1S/C34H33Cl2FN6O5/c1-18(44)42-12-14-43(15-13-42)26-11-8-19-16-25(39-32(48-4)27(19)26)20-9-10-23(37)28(30(20)36)21-6-5-7-24(29(21)35)38-31(45)22-17-40(2)34(47)41(3)33(22)46/h5-7,9-10,16-17,26H,8,11-15H2,1-4H3,(H,38,45)/t26-/m0/s1. The van der Waals surface area contributed by atoms with Gasteiger partial charge in [-0.25, -0.2) is 14.2 Å². The van der Waals surface area contributed by atoms with Crippen LogP contribution in [0.15, 0.2) is 52.2 Å². The molecule has 4 aromatic rings. The fraction of sp³-hybridized carbons (Fsp3) is 0.324. The second-order valence-electron chi connectivity index (χ2n) is 11.9. The zero-order valence-corrected chi connectivity index (χ0v) is 28.3. The van der Waals surface area contributed by atoms with E-state index in [1.54, 1.807) is 32.2 Å². The van der Waals surface area contributed by atoms with Crippen molar-refractivity contribution in [1.29, 1.82) is 0 Å². The molecule has 1 fully saturated rings. The molecule has 11 nitrogen and oxygen atoms in total. The molecule has 1 aliphatic heterocycles. The van der Waals surface area contributed by atoms with Crippen molar-refractivity contribution in [3.05, 3.63) is 96.0 Å². The lowest BCUT2D eigenvalue weighted by Crippen LogP contribution is -2.48. The first-order valence-electron chi connectivity index (χ1n) is 15.3. The number of carbonyl (C=O) groups is 2. The van der Waals surface area contributed by atoms with Gasteiger partial charge in [-0.05, 0) is 42.7 Å². The smallest absolute Gasteiger partial charge is 0.330 e. The number of methoxy groups -OCH3 is 1. The largest absolute Gasteiger partial charge is 0.481 e. The van der Waals surface area contributed by atoms with Crippen LogP contribution in [0.3, 0.4) is 0 Å². The van der Waals surface area contributed by atoms with Crippen LogP contribution < -0.4 is 21.3 Å². The summed E-state index contributed by atoms with van der Waals surface area (Å²) >= 11 is 13.7. The minimum atomic E-state index is -0.793. The number of anilines is 1. The zero-order chi connectivity index (χ0) is 34.4. The topological polar surface area (TPSA) is 119 Å². The number of amides is 2. The van der Waals surface area contributed by atoms with E-state index in [0.717, 1.165) is 52.4 Å². The van der Waals surface area contributed by atoms with Gasteiger partial charge in [-0.15, -0.1) is 0 Å². The molecule has 250 valence electrons. The van der Waals surface area contributed by atoms with Gasteiger partial charge < -0.3 is 19.5 Å². The third-order valence-electron chi connectivity index (χ3n) is 9.10. The number of nitrogens with zero attached hydrogens (tertiary/aromatic N) is 5. The van der Waals surface area contributed by atoms with Crippen molar-refractivity contribution in [2.45, 2.75) is 25.8 Å². The number of benzene rings is 2. The van der Waals surface area contributed by atoms with Crippen LogP contribution in [0, 0.1) is 5.82 Å². The number of rotatable bonds is 6. The van der Waals surface area contributed by atoms with Crippen molar-refractivity contribution in [1.82, 2.24) is 23.9 Å². The van der Waals surface area contributed by atoms with Crippen molar-refractivity contribution in [2.24, 2.45) is 14.1 Å². The first kappa shape index (κ1) is 33.4. The van der Waals surface area contributed by atoms with E-state index in [1.807, 2.05) is 11.0 Å². The number of ether oxygens (including phenoxy) is 1. The number of hydrogen-bond acceptors (Lipinski definition) is 7. The monoisotopic (exact) mass is 694 g/mol. The maximum absolute atomic E-state index is 15.6. The van der Waals surface area contributed by atoms with Crippen molar-refractivity contribution in [3.63, 3.8) is 0 Å². The number of nitrogens with one attached hydrogen (secondary N) is 1. The van der Waals surface area contributed by atoms with Crippen LogP contribution in [0.4, 0.5) is 10.1 Å². The van der Waals surface area contributed by atoms with Gasteiger partial charge in [-0.3, -0.25) is 23.9 Å². The van der Waals surface area contributed by atoms with Crippen LogP contribution in [0.25, 0.3) is 22.4 Å². The Hall–Kier alpha value is -4.52. The molecule has 3 heterocycles. The van der Waals surface area contributed by atoms with Crippen LogP contribution in [0.5, 0.6) is 5.88 Å². The van der Waals surface area contributed by atoms with Gasteiger partial charge in [0.05, 0.1) is 28.5 Å². The van der Waals surface area contributed by atoms with Gasteiger partial charge in [0.1, 0.15) is 11.4 Å². The number of pyridine rings is 1. The zero-order valence-electron chi connectivity index (χ0n) is 26.8. The molecule has 2 amide bonds. The summed E-state index contributed by atoms with van der Waals surface area (Å²) in [5.74, 6) is -0.890. The predicted molar refractivity (Wildman–Crippen MR) is 181 cm³/mol. The number of fused-ring (bicyclic) bond motifs is 1. The van der Waals surface area contributed by atoms with Crippen LogP contribution >= 0.6 is 23.2 Å². The maximum Gasteiger partial charge on any atom is 0.330 e. The molecule has 2 aromatic carbocycles. The molecule has 6 rings (SSSR count). The first-order valence-corrected chi connectivity index (χ1v) is 16.1. The Bertz CT molecular complexity index is 2090. The molecular formula is C34H33Cl2FN6O5. The Balaban J connectivity index is 1.34. The Morgan fingerprint density at radius 2 is 1.75 bits per heavy atom. The first-order chi connectivity index (χ1) is 22.9. The van der Waals surface area contributed by atoms with Crippen molar-refractivity contribution >= 4 is 40.7 Å². The van der Waals surface area contributed by atoms with Crippen LogP contribution in [0.2, 0.25) is 10.0 Å². The normalized spacial score (nSPS) is 16.1. The molecule has 2 aromatic heterocycles. The highest BCUT2D eigenvalue weighted by Gasteiger charge is 2.35. The van der Waals surface area contributed by atoms with Gasteiger partial charge in [0, 0.05) is 81.7 Å². The SMILES string of the molecule is COc1nc(-c2ccc(F)c(-c3cccc(NC(=O)c4cn(C)c(=O)n(C)c4=O)c3Cl)c2Cl)cc2c1[C@@H](N1CCN(C(C)=O)CC1)CC2. The molecule has 14 heteroatoms. The van der Waals surface area contributed by atoms with E-state index < -0.39 is 23.0 Å². The molecule has 0 unspecified atom stereocenters. The summed E-state index contributed by atoms with van der Waals surface area (Å²) in [6.45, 7) is 4.43. The number of aryl methyl sites for hydroxylation is 2. The Morgan fingerprint density at radius 1 is 1.02 bits per heavy atom. The fourth-order valence-electron chi connectivity index (χ4n) is 6.56. The molecule has 0 bridgehead atoms. The third-order valence-corrected chi connectivity index (χ3v) is 9.90. The highest BCUT2D eigenvalue weighted by Crippen LogP contribution is 2.46. The van der Waals surface area contributed by atoms with E-state index >= 15 is 4.39 Å². The second-order valence-corrected chi connectivity index (χ2v) is 12.6. The quantitative estimate of drug-likeness (QED) is 0.312. The summed E-state index contributed by atoms with van der Waals surface area (Å²) in [6.07, 6.45) is 2.81. The minimum absolute atomic E-state index is 0.00218. The molecule has 0 saturated carbocycles. The molecule has 2 aliphatic rings. The van der Waals surface area contributed by atoms with E-state index in [4.69, 9.17) is 32.9 Å². The summed E-state index contributed by atoms with van der Waals surface area (Å²) in [7, 11) is 4.26. The van der Waals surface area contributed by atoms with E-state index in [9.17, 15) is 19.2 Å². The van der Waals surface area contributed by atoms with Gasteiger partial charge in [0.2, 0.25) is 11.8 Å². The van der Waals surface area contributed by atoms with Gasteiger partial charge in [0.15, 0.2) is 0 Å². The Morgan fingerprint density at radius 3 is 2.44 bits per heavy atom. The molecule has 0 radical (unpaired) electrons. The van der Waals surface area contributed by atoms with E-state index in [-0.39, 0.29) is 44.4 Å². The molecule has 0 spiro atoms. The molecular weight excluding hydrogens is 662 g/mol. The third kappa shape index (κ3) is 5.88.